The highest BCUT2D eigenvalue weighted by Crippen LogP contribution is 2.29. The Labute approximate surface area is 152 Å². The largest absolute Gasteiger partial charge is 0.494 e. The van der Waals surface area contributed by atoms with Gasteiger partial charge in [0.05, 0.1) is 6.61 Å². The third-order valence-corrected chi connectivity index (χ3v) is 3.97. The summed E-state index contributed by atoms with van der Waals surface area (Å²) in [6, 6.07) is 17.0. The third kappa shape index (κ3) is 6.54. The molecule has 0 fully saturated rings. The number of hydrogen-bond acceptors (Lipinski definition) is 2. The van der Waals surface area contributed by atoms with Crippen LogP contribution in [-0.2, 0) is 6.42 Å². The van der Waals surface area contributed by atoms with Crippen molar-refractivity contribution in [3.05, 3.63) is 54.1 Å². The van der Waals surface area contributed by atoms with E-state index in [2.05, 4.69) is 49.4 Å². The van der Waals surface area contributed by atoms with Crippen LogP contribution in [0.1, 0.15) is 45.1 Å². The first-order chi connectivity index (χ1) is 11.2. The molecule has 0 spiro atoms. The van der Waals surface area contributed by atoms with E-state index in [1.54, 1.807) is 0 Å². The molecule has 2 N–H and O–H groups in total. The van der Waals surface area contributed by atoms with Crippen LogP contribution in [0.3, 0.4) is 0 Å². The summed E-state index contributed by atoms with van der Waals surface area (Å²) < 4.78 is 5.94. The van der Waals surface area contributed by atoms with Crippen molar-refractivity contribution in [3.63, 3.8) is 0 Å². The van der Waals surface area contributed by atoms with Gasteiger partial charge in [0.15, 0.2) is 0 Å². The van der Waals surface area contributed by atoms with Crippen molar-refractivity contribution in [2.45, 2.75) is 52.0 Å². The Kier molecular flexibility index (Phi) is 9.51. The maximum atomic E-state index is 6.00. The Bertz CT molecular complexity index is 584. The van der Waals surface area contributed by atoms with Gasteiger partial charge >= 0.3 is 0 Å². The van der Waals surface area contributed by atoms with Crippen LogP contribution in [0, 0.1) is 0 Å². The van der Waals surface area contributed by atoms with Gasteiger partial charge in [0, 0.05) is 6.04 Å². The average Bonchev–Trinajstić information content (AvgIpc) is 2.56. The van der Waals surface area contributed by atoms with Crippen molar-refractivity contribution in [2.24, 2.45) is 5.73 Å². The fraction of sp³-hybridized carbons (Fsp3) is 0.429. The first-order valence-electron chi connectivity index (χ1n) is 8.77. The molecule has 0 bridgehead atoms. The lowest BCUT2D eigenvalue weighted by Crippen LogP contribution is -2.18. The first kappa shape index (κ1) is 20.5. The lowest BCUT2D eigenvalue weighted by Gasteiger charge is -2.15. The predicted molar refractivity (Wildman–Crippen MR) is 106 cm³/mol. The van der Waals surface area contributed by atoms with E-state index in [0.717, 1.165) is 25.2 Å². The number of ether oxygens (including phenoxy) is 1. The minimum absolute atomic E-state index is 0. The standard InChI is InChI=1S/C21H29NO.ClH/c1-3-4-5-9-14-23-20-13-12-19(15-17(2)22)21(16-20)18-10-7-6-8-11-18;/h6-8,10-13,16-17H,3-5,9,14-15,22H2,1-2H3;1H. The lowest BCUT2D eigenvalue weighted by atomic mass is 9.95. The molecule has 0 heterocycles. The second-order valence-corrected chi connectivity index (χ2v) is 6.28. The van der Waals surface area contributed by atoms with Crippen molar-refractivity contribution >= 4 is 12.4 Å². The molecule has 3 heteroatoms. The van der Waals surface area contributed by atoms with Crippen molar-refractivity contribution in [1.82, 2.24) is 0 Å². The van der Waals surface area contributed by atoms with E-state index in [1.165, 1.54) is 36.0 Å². The van der Waals surface area contributed by atoms with E-state index >= 15 is 0 Å². The molecule has 0 aliphatic rings. The highest BCUT2D eigenvalue weighted by Gasteiger charge is 2.09. The molecule has 132 valence electrons. The summed E-state index contributed by atoms with van der Waals surface area (Å²) >= 11 is 0. The Morgan fingerprint density at radius 2 is 1.75 bits per heavy atom. The summed E-state index contributed by atoms with van der Waals surface area (Å²) in [7, 11) is 0. The normalized spacial score (nSPS) is 11.6. The molecule has 0 aliphatic carbocycles. The van der Waals surface area contributed by atoms with E-state index < -0.39 is 0 Å². The van der Waals surface area contributed by atoms with Gasteiger partial charge in [-0.15, -0.1) is 12.4 Å². The van der Waals surface area contributed by atoms with Gasteiger partial charge in [0.25, 0.3) is 0 Å². The van der Waals surface area contributed by atoms with Crippen molar-refractivity contribution in [3.8, 4) is 16.9 Å². The molecule has 0 saturated carbocycles. The Morgan fingerprint density at radius 1 is 1.00 bits per heavy atom. The SMILES string of the molecule is CCCCCCOc1ccc(CC(C)N)c(-c2ccccc2)c1.Cl. The van der Waals surface area contributed by atoms with Gasteiger partial charge in [-0.1, -0.05) is 62.6 Å². The van der Waals surface area contributed by atoms with E-state index in [9.17, 15) is 0 Å². The number of halogens is 1. The van der Waals surface area contributed by atoms with Crippen LogP contribution < -0.4 is 10.5 Å². The molecule has 0 saturated heterocycles. The molecule has 2 nitrogen and oxygen atoms in total. The van der Waals surface area contributed by atoms with Crippen LogP contribution in [-0.4, -0.2) is 12.6 Å². The molecule has 0 radical (unpaired) electrons. The van der Waals surface area contributed by atoms with Gasteiger partial charge in [0.2, 0.25) is 0 Å². The Balaban J connectivity index is 0.00000288. The molecule has 0 aliphatic heterocycles. The fourth-order valence-electron chi connectivity index (χ4n) is 2.78. The maximum Gasteiger partial charge on any atom is 0.119 e. The van der Waals surface area contributed by atoms with Crippen LogP contribution in [0.25, 0.3) is 11.1 Å². The zero-order chi connectivity index (χ0) is 16.5. The van der Waals surface area contributed by atoms with Gasteiger partial charge in [0.1, 0.15) is 5.75 Å². The molecule has 1 unspecified atom stereocenters. The van der Waals surface area contributed by atoms with Gasteiger partial charge < -0.3 is 10.5 Å². The Morgan fingerprint density at radius 3 is 2.42 bits per heavy atom. The first-order valence-corrected chi connectivity index (χ1v) is 8.77. The smallest absolute Gasteiger partial charge is 0.119 e. The topological polar surface area (TPSA) is 35.2 Å². The van der Waals surface area contributed by atoms with Gasteiger partial charge in [-0.2, -0.15) is 0 Å². The van der Waals surface area contributed by atoms with E-state index in [0.29, 0.717) is 0 Å². The van der Waals surface area contributed by atoms with Gasteiger partial charge in [-0.05, 0) is 48.6 Å². The molecule has 0 amide bonds. The summed E-state index contributed by atoms with van der Waals surface area (Å²) in [5, 5.41) is 0. The summed E-state index contributed by atoms with van der Waals surface area (Å²) in [5.41, 5.74) is 9.74. The molecule has 2 rings (SSSR count). The van der Waals surface area contributed by atoms with Crippen LogP contribution >= 0.6 is 12.4 Å². The van der Waals surface area contributed by atoms with E-state index in [1.807, 2.05) is 13.0 Å². The molecular weight excluding hydrogens is 318 g/mol. The van der Waals surface area contributed by atoms with Crippen LogP contribution in [0.15, 0.2) is 48.5 Å². The van der Waals surface area contributed by atoms with Crippen LogP contribution in [0.5, 0.6) is 5.75 Å². The summed E-state index contributed by atoms with van der Waals surface area (Å²) in [4.78, 5) is 0. The fourth-order valence-corrected chi connectivity index (χ4v) is 2.78. The summed E-state index contributed by atoms with van der Waals surface area (Å²) in [6.45, 7) is 5.07. The second-order valence-electron chi connectivity index (χ2n) is 6.28. The molecule has 2 aromatic rings. The number of nitrogens with two attached hydrogens (primary N) is 1. The van der Waals surface area contributed by atoms with Gasteiger partial charge in [-0.3, -0.25) is 0 Å². The number of benzene rings is 2. The van der Waals surface area contributed by atoms with Crippen molar-refractivity contribution in [1.29, 1.82) is 0 Å². The predicted octanol–water partition coefficient (Wildman–Crippen LogP) is 5.62. The molecule has 24 heavy (non-hydrogen) atoms. The third-order valence-electron chi connectivity index (χ3n) is 3.97. The average molecular weight is 348 g/mol. The maximum absolute atomic E-state index is 6.00. The number of hydrogen-bond donors (Lipinski definition) is 1. The Hall–Kier alpha value is -1.51. The molecule has 2 aromatic carbocycles. The monoisotopic (exact) mass is 347 g/mol. The molecule has 0 aromatic heterocycles. The highest BCUT2D eigenvalue weighted by atomic mass is 35.5. The van der Waals surface area contributed by atoms with E-state index in [4.69, 9.17) is 10.5 Å². The molecule has 1 atom stereocenters. The zero-order valence-corrected chi connectivity index (χ0v) is 15.6. The summed E-state index contributed by atoms with van der Waals surface area (Å²) in [6.07, 6.45) is 5.78. The summed E-state index contributed by atoms with van der Waals surface area (Å²) in [5.74, 6) is 0.953. The quantitative estimate of drug-likeness (QED) is 0.597. The van der Waals surface area contributed by atoms with Crippen LogP contribution in [0.2, 0.25) is 0 Å². The van der Waals surface area contributed by atoms with E-state index in [-0.39, 0.29) is 18.4 Å². The lowest BCUT2D eigenvalue weighted by molar-refractivity contribution is 0.305. The van der Waals surface area contributed by atoms with Crippen molar-refractivity contribution < 1.29 is 4.74 Å². The molecular formula is C21H30ClNO. The van der Waals surface area contributed by atoms with Gasteiger partial charge in [-0.25, -0.2) is 0 Å². The zero-order valence-electron chi connectivity index (χ0n) is 14.8. The van der Waals surface area contributed by atoms with Crippen molar-refractivity contribution in [2.75, 3.05) is 6.61 Å². The second kappa shape index (κ2) is 11.1. The van der Waals surface area contributed by atoms with Crippen LogP contribution in [0.4, 0.5) is 0 Å². The number of unbranched alkanes of at least 4 members (excludes halogenated alkanes) is 3. The number of rotatable bonds is 9. The highest BCUT2D eigenvalue weighted by molar-refractivity contribution is 5.85. The minimum Gasteiger partial charge on any atom is -0.494 e. The minimum atomic E-state index is 0.